The van der Waals surface area contributed by atoms with Gasteiger partial charge in [0.15, 0.2) is 0 Å². The summed E-state index contributed by atoms with van der Waals surface area (Å²) in [7, 11) is 0. The molecule has 4 nitrogen and oxygen atoms in total. The molecule has 144 valence electrons. The molecule has 1 spiro atoms. The standard InChI is InChI=1S/C23H30N2O2/c26-17-16-25-18-23(10-8-22(25)27)11-14-24(15-12-23)13-9-20-6-3-5-19-4-1-2-7-21(19)20/h1-7,26H,8-18H2. The van der Waals surface area contributed by atoms with Gasteiger partial charge in [-0.15, -0.1) is 0 Å². The topological polar surface area (TPSA) is 43.8 Å². The Morgan fingerprint density at radius 3 is 2.56 bits per heavy atom. The zero-order chi connectivity index (χ0) is 18.7. The van der Waals surface area contributed by atoms with Gasteiger partial charge in [0.05, 0.1) is 6.61 Å². The molecule has 2 heterocycles. The Labute approximate surface area is 161 Å². The smallest absolute Gasteiger partial charge is 0.222 e. The lowest BCUT2D eigenvalue weighted by Gasteiger charge is -2.47. The highest BCUT2D eigenvalue weighted by atomic mass is 16.3. The first-order valence-corrected chi connectivity index (χ1v) is 10.3. The van der Waals surface area contributed by atoms with Gasteiger partial charge in [0.25, 0.3) is 0 Å². The number of benzene rings is 2. The second-order valence-electron chi connectivity index (χ2n) is 8.27. The first-order chi connectivity index (χ1) is 13.2. The third-order valence-electron chi connectivity index (χ3n) is 6.61. The summed E-state index contributed by atoms with van der Waals surface area (Å²) >= 11 is 0. The number of fused-ring (bicyclic) bond motifs is 1. The number of piperidine rings is 2. The molecule has 0 saturated carbocycles. The average molecular weight is 367 g/mol. The van der Waals surface area contributed by atoms with Gasteiger partial charge in [0, 0.05) is 26.1 Å². The number of aliphatic hydroxyl groups is 1. The molecule has 0 aliphatic carbocycles. The van der Waals surface area contributed by atoms with Crippen LogP contribution < -0.4 is 0 Å². The predicted molar refractivity (Wildman–Crippen MR) is 109 cm³/mol. The highest BCUT2D eigenvalue weighted by Crippen LogP contribution is 2.40. The van der Waals surface area contributed by atoms with Crippen LogP contribution in [0.2, 0.25) is 0 Å². The first kappa shape index (κ1) is 18.5. The molecule has 27 heavy (non-hydrogen) atoms. The van der Waals surface area contributed by atoms with Gasteiger partial charge in [0.1, 0.15) is 0 Å². The minimum absolute atomic E-state index is 0.0684. The zero-order valence-corrected chi connectivity index (χ0v) is 16.1. The van der Waals surface area contributed by atoms with Crippen molar-refractivity contribution in [3.63, 3.8) is 0 Å². The van der Waals surface area contributed by atoms with E-state index in [1.54, 1.807) is 0 Å². The molecule has 1 amide bonds. The minimum atomic E-state index is 0.0684. The van der Waals surface area contributed by atoms with Crippen molar-refractivity contribution in [1.29, 1.82) is 0 Å². The monoisotopic (exact) mass is 366 g/mol. The van der Waals surface area contributed by atoms with Crippen LogP contribution in [0.25, 0.3) is 10.8 Å². The molecule has 4 rings (SSSR count). The van der Waals surface area contributed by atoms with Gasteiger partial charge < -0.3 is 14.9 Å². The average Bonchev–Trinajstić information content (AvgIpc) is 2.71. The van der Waals surface area contributed by atoms with Crippen molar-refractivity contribution in [3.8, 4) is 0 Å². The minimum Gasteiger partial charge on any atom is -0.395 e. The molecule has 2 fully saturated rings. The Hall–Kier alpha value is -1.91. The number of carbonyl (C=O) groups excluding carboxylic acids is 1. The van der Waals surface area contributed by atoms with Crippen LogP contribution in [0.5, 0.6) is 0 Å². The van der Waals surface area contributed by atoms with Gasteiger partial charge in [0.2, 0.25) is 5.91 Å². The van der Waals surface area contributed by atoms with Crippen LogP contribution >= 0.6 is 0 Å². The number of carbonyl (C=O) groups is 1. The third kappa shape index (κ3) is 4.02. The highest BCUT2D eigenvalue weighted by molar-refractivity contribution is 5.85. The van der Waals surface area contributed by atoms with Gasteiger partial charge in [-0.3, -0.25) is 4.79 Å². The van der Waals surface area contributed by atoms with Gasteiger partial charge in [-0.2, -0.15) is 0 Å². The van der Waals surface area contributed by atoms with E-state index in [1.807, 2.05) is 4.90 Å². The number of hydrogen-bond acceptors (Lipinski definition) is 3. The molecule has 0 atom stereocenters. The molecule has 0 aromatic heterocycles. The van der Waals surface area contributed by atoms with E-state index in [0.717, 1.165) is 51.9 Å². The van der Waals surface area contributed by atoms with Crippen molar-refractivity contribution < 1.29 is 9.90 Å². The maximum Gasteiger partial charge on any atom is 0.222 e. The van der Waals surface area contributed by atoms with Crippen molar-refractivity contribution in [2.24, 2.45) is 5.41 Å². The van der Waals surface area contributed by atoms with Crippen molar-refractivity contribution >= 4 is 16.7 Å². The lowest BCUT2D eigenvalue weighted by molar-refractivity contribution is -0.139. The fourth-order valence-electron chi connectivity index (χ4n) is 4.87. The number of aliphatic hydroxyl groups excluding tert-OH is 1. The lowest BCUT2D eigenvalue weighted by Crippen LogP contribution is -2.52. The Kier molecular flexibility index (Phi) is 5.46. The molecule has 2 aliphatic heterocycles. The van der Waals surface area contributed by atoms with E-state index in [1.165, 1.54) is 16.3 Å². The number of likely N-dealkylation sites (tertiary alicyclic amines) is 2. The van der Waals surface area contributed by atoms with E-state index in [-0.39, 0.29) is 17.9 Å². The Morgan fingerprint density at radius 1 is 0.963 bits per heavy atom. The fourth-order valence-corrected chi connectivity index (χ4v) is 4.87. The molecule has 0 bridgehead atoms. The van der Waals surface area contributed by atoms with Crippen LogP contribution in [0.15, 0.2) is 42.5 Å². The van der Waals surface area contributed by atoms with Crippen LogP contribution in [0.3, 0.4) is 0 Å². The number of β-amino-alcohol motifs (C(OH)–C–C–N with tert-alkyl or cyclic N) is 1. The highest BCUT2D eigenvalue weighted by Gasteiger charge is 2.40. The summed E-state index contributed by atoms with van der Waals surface area (Å²) in [5.41, 5.74) is 1.71. The summed E-state index contributed by atoms with van der Waals surface area (Å²) in [4.78, 5) is 16.5. The molecule has 0 unspecified atom stereocenters. The van der Waals surface area contributed by atoms with E-state index in [2.05, 4.69) is 47.4 Å². The lowest BCUT2D eigenvalue weighted by atomic mass is 9.72. The number of rotatable bonds is 5. The maximum atomic E-state index is 12.0. The quantitative estimate of drug-likeness (QED) is 0.884. The summed E-state index contributed by atoms with van der Waals surface area (Å²) in [5, 5.41) is 11.9. The summed E-state index contributed by atoms with van der Waals surface area (Å²) < 4.78 is 0. The Bertz CT molecular complexity index is 791. The summed E-state index contributed by atoms with van der Waals surface area (Å²) in [6.07, 6.45) is 5.08. The van der Waals surface area contributed by atoms with E-state index in [0.29, 0.717) is 13.0 Å². The van der Waals surface area contributed by atoms with Crippen molar-refractivity contribution in [3.05, 3.63) is 48.0 Å². The molecule has 0 radical (unpaired) electrons. The van der Waals surface area contributed by atoms with Crippen LogP contribution in [0, 0.1) is 5.41 Å². The summed E-state index contributed by atoms with van der Waals surface area (Å²) in [5.74, 6) is 0.216. The molecular weight excluding hydrogens is 336 g/mol. The predicted octanol–water partition coefficient (Wildman–Crippen LogP) is 3.08. The van der Waals surface area contributed by atoms with Crippen LogP contribution in [-0.2, 0) is 11.2 Å². The van der Waals surface area contributed by atoms with E-state index in [9.17, 15) is 9.90 Å². The molecule has 4 heteroatoms. The molecular formula is C23H30N2O2. The number of amides is 1. The van der Waals surface area contributed by atoms with Crippen LogP contribution in [0.4, 0.5) is 0 Å². The summed E-state index contributed by atoms with van der Waals surface area (Å²) in [6.45, 7) is 4.73. The Morgan fingerprint density at radius 2 is 1.74 bits per heavy atom. The normalized spacial score (nSPS) is 20.5. The van der Waals surface area contributed by atoms with Crippen LogP contribution in [-0.4, -0.2) is 60.1 Å². The van der Waals surface area contributed by atoms with E-state index >= 15 is 0 Å². The third-order valence-corrected chi connectivity index (χ3v) is 6.61. The SMILES string of the molecule is O=C1CCC2(CCN(CCc3cccc4ccccc34)CC2)CN1CCO. The molecule has 2 aromatic carbocycles. The second kappa shape index (κ2) is 7.99. The first-order valence-electron chi connectivity index (χ1n) is 10.3. The summed E-state index contributed by atoms with van der Waals surface area (Å²) in [6, 6.07) is 15.2. The zero-order valence-electron chi connectivity index (χ0n) is 16.1. The number of hydrogen-bond donors (Lipinski definition) is 1. The van der Waals surface area contributed by atoms with Gasteiger partial charge in [-0.25, -0.2) is 0 Å². The second-order valence-corrected chi connectivity index (χ2v) is 8.27. The van der Waals surface area contributed by atoms with Gasteiger partial charge in [-0.1, -0.05) is 42.5 Å². The fraction of sp³-hybridized carbons (Fsp3) is 0.522. The Balaban J connectivity index is 1.34. The molecule has 2 aromatic rings. The van der Waals surface area contributed by atoms with Crippen LogP contribution in [0.1, 0.15) is 31.2 Å². The van der Waals surface area contributed by atoms with E-state index < -0.39 is 0 Å². The van der Waals surface area contributed by atoms with Gasteiger partial charge in [-0.05, 0) is 60.5 Å². The number of nitrogens with zero attached hydrogens (tertiary/aromatic N) is 2. The molecule has 2 aliphatic rings. The van der Waals surface area contributed by atoms with Crippen molar-refractivity contribution in [2.75, 3.05) is 39.3 Å². The maximum absolute atomic E-state index is 12.0. The van der Waals surface area contributed by atoms with Crippen molar-refractivity contribution in [2.45, 2.75) is 32.1 Å². The van der Waals surface area contributed by atoms with E-state index in [4.69, 9.17) is 0 Å². The van der Waals surface area contributed by atoms with Gasteiger partial charge >= 0.3 is 0 Å². The van der Waals surface area contributed by atoms with Crippen molar-refractivity contribution in [1.82, 2.24) is 9.80 Å². The molecule has 1 N–H and O–H groups in total. The largest absolute Gasteiger partial charge is 0.395 e. The molecule has 2 saturated heterocycles.